The second-order valence-corrected chi connectivity index (χ2v) is 3.21. The smallest absolute Gasteiger partial charge is 0.171 e. The Bertz CT molecular complexity index is 153. The summed E-state index contributed by atoms with van der Waals surface area (Å²) in [5.41, 5.74) is 0. The zero-order chi connectivity index (χ0) is 10.9. The van der Waals surface area contributed by atoms with Crippen LogP contribution in [0.4, 0.5) is 26.3 Å². The van der Waals surface area contributed by atoms with E-state index in [-0.39, 0.29) is 0 Å². The molecule has 0 saturated heterocycles. The van der Waals surface area contributed by atoms with Crippen molar-refractivity contribution >= 4 is 0 Å². The van der Waals surface area contributed by atoms with Gasteiger partial charge in [-0.1, -0.05) is 13.8 Å². The van der Waals surface area contributed by atoms with Crippen LogP contribution in [0.1, 0.15) is 20.3 Å². The Morgan fingerprint density at radius 3 is 1.38 bits per heavy atom. The summed E-state index contributed by atoms with van der Waals surface area (Å²) >= 11 is 0. The summed E-state index contributed by atoms with van der Waals surface area (Å²) in [5.74, 6) is -3.35. The van der Waals surface area contributed by atoms with Crippen LogP contribution in [-0.2, 0) is 0 Å². The number of rotatable bonds is 2. The molecule has 1 unspecified atom stereocenters. The van der Waals surface area contributed by atoms with Crippen LogP contribution in [0, 0.1) is 11.8 Å². The van der Waals surface area contributed by atoms with Crippen LogP contribution in [0.25, 0.3) is 0 Å². The first-order valence-electron chi connectivity index (χ1n) is 3.67. The highest BCUT2D eigenvalue weighted by Gasteiger charge is 2.47. The van der Waals surface area contributed by atoms with E-state index in [1.54, 1.807) is 0 Å². The van der Waals surface area contributed by atoms with Crippen molar-refractivity contribution in [2.75, 3.05) is 0 Å². The fourth-order valence-electron chi connectivity index (χ4n) is 0.979. The number of halogens is 6. The lowest BCUT2D eigenvalue weighted by atomic mass is 9.92. The van der Waals surface area contributed by atoms with E-state index >= 15 is 0 Å². The lowest BCUT2D eigenvalue weighted by molar-refractivity contribution is -0.228. The minimum atomic E-state index is -4.77. The van der Waals surface area contributed by atoms with Gasteiger partial charge in [0.25, 0.3) is 0 Å². The van der Waals surface area contributed by atoms with Gasteiger partial charge < -0.3 is 0 Å². The molecule has 0 nitrogen and oxygen atoms in total. The number of hydrogen-bond donors (Lipinski definition) is 0. The van der Waals surface area contributed by atoms with Gasteiger partial charge in [0.05, 0.1) is 12.3 Å². The third kappa shape index (κ3) is 5.00. The molecule has 0 rings (SSSR count). The van der Waals surface area contributed by atoms with Crippen molar-refractivity contribution in [3.63, 3.8) is 0 Å². The lowest BCUT2D eigenvalue weighted by Gasteiger charge is -2.24. The quantitative estimate of drug-likeness (QED) is 0.606. The molecule has 0 aliphatic rings. The Morgan fingerprint density at radius 2 is 1.31 bits per heavy atom. The van der Waals surface area contributed by atoms with Crippen LogP contribution in [-0.4, -0.2) is 12.4 Å². The Labute approximate surface area is 71.9 Å². The summed E-state index contributed by atoms with van der Waals surface area (Å²) < 4.78 is 71.1. The zero-order valence-electron chi connectivity index (χ0n) is 7.13. The second kappa shape index (κ2) is 3.75. The van der Waals surface area contributed by atoms with Crippen LogP contribution in [0.3, 0.4) is 0 Å². The number of alkyl halides is 6. The normalized spacial score (nSPS) is 16.4. The Morgan fingerprint density at radius 1 is 0.923 bits per heavy atom. The molecule has 6 heteroatoms. The first-order valence-corrected chi connectivity index (χ1v) is 3.67. The van der Waals surface area contributed by atoms with E-state index in [0.29, 0.717) is 0 Å². The second-order valence-electron chi connectivity index (χ2n) is 3.21. The van der Waals surface area contributed by atoms with Crippen molar-refractivity contribution in [3.05, 3.63) is 0 Å². The van der Waals surface area contributed by atoms with E-state index in [9.17, 15) is 26.3 Å². The standard InChI is InChI=1S/C7H10F6/c1-4(2)5(7(11,12)13)3-6(8,9)10/h4-5H,3H2,1-2H3. The molecular weight excluding hydrogens is 198 g/mol. The van der Waals surface area contributed by atoms with E-state index < -0.39 is 30.6 Å². The molecule has 0 aliphatic carbocycles. The van der Waals surface area contributed by atoms with Crippen molar-refractivity contribution in [1.29, 1.82) is 0 Å². The maximum atomic E-state index is 12.0. The maximum absolute atomic E-state index is 12.0. The maximum Gasteiger partial charge on any atom is 0.392 e. The first-order chi connectivity index (χ1) is 5.54. The van der Waals surface area contributed by atoms with Gasteiger partial charge in [-0.05, 0) is 5.92 Å². The molecule has 0 radical (unpaired) electrons. The van der Waals surface area contributed by atoms with Gasteiger partial charge in [0.15, 0.2) is 0 Å². The van der Waals surface area contributed by atoms with Gasteiger partial charge in [-0.3, -0.25) is 0 Å². The molecule has 80 valence electrons. The highest BCUT2D eigenvalue weighted by Crippen LogP contribution is 2.39. The van der Waals surface area contributed by atoms with Gasteiger partial charge >= 0.3 is 12.4 Å². The fourth-order valence-corrected chi connectivity index (χ4v) is 0.979. The minimum Gasteiger partial charge on any atom is -0.171 e. The predicted octanol–water partition coefficient (Wildman–Crippen LogP) is 3.77. The van der Waals surface area contributed by atoms with E-state index in [4.69, 9.17) is 0 Å². The molecule has 13 heavy (non-hydrogen) atoms. The van der Waals surface area contributed by atoms with Crippen LogP contribution < -0.4 is 0 Å². The summed E-state index contributed by atoms with van der Waals surface area (Å²) in [6, 6.07) is 0. The van der Waals surface area contributed by atoms with Gasteiger partial charge in [0.1, 0.15) is 0 Å². The van der Waals surface area contributed by atoms with Crippen molar-refractivity contribution in [1.82, 2.24) is 0 Å². The Hall–Kier alpha value is -0.420. The van der Waals surface area contributed by atoms with Crippen molar-refractivity contribution < 1.29 is 26.3 Å². The molecule has 0 aliphatic heterocycles. The van der Waals surface area contributed by atoms with Crippen LogP contribution in [0.15, 0.2) is 0 Å². The largest absolute Gasteiger partial charge is 0.392 e. The highest BCUT2D eigenvalue weighted by molar-refractivity contribution is 4.74. The van der Waals surface area contributed by atoms with Gasteiger partial charge in [0, 0.05) is 0 Å². The summed E-state index contributed by atoms with van der Waals surface area (Å²) in [7, 11) is 0. The predicted molar refractivity (Wildman–Crippen MR) is 35.1 cm³/mol. The molecule has 0 aromatic heterocycles. The summed E-state index contributed by atoms with van der Waals surface area (Å²) in [5, 5.41) is 0. The summed E-state index contributed by atoms with van der Waals surface area (Å²) in [4.78, 5) is 0. The van der Waals surface area contributed by atoms with Crippen LogP contribution in [0.5, 0.6) is 0 Å². The SMILES string of the molecule is CC(C)C(CC(F)(F)F)C(F)(F)F. The van der Waals surface area contributed by atoms with Crippen molar-refractivity contribution in [3.8, 4) is 0 Å². The summed E-state index contributed by atoms with van der Waals surface area (Å²) in [6.07, 6.45) is -11.3. The van der Waals surface area contributed by atoms with E-state index in [2.05, 4.69) is 0 Å². The van der Waals surface area contributed by atoms with Gasteiger partial charge in [-0.25, -0.2) is 0 Å². The monoisotopic (exact) mass is 208 g/mol. The molecule has 0 aromatic carbocycles. The molecule has 0 saturated carbocycles. The molecule has 0 spiro atoms. The molecule has 0 heterocycles. The van der Waals surface area contributed by atoms with E-state index in [1.165, 1.54) is 0 Å². The zero-order valence-corrected chi connectivity index (χ0v) is 7.13. The van der Waals surface area contributed by atoms with Crippen molar-refractivity contribution in [2.45, 2.75) is 32.6 Å². The minimum absolute atomic E-state index is 1.05. The fraction of sp³-hybridized carbons (Fsp3) is 1.00. The third-order valence-electron chi connectivity index (χ3n) is 1.68. The molecule has 0 N–H and O–H groups in total. The third-order valence-corrected chi connectivity index (χ3v) is 1.68. The average molecular weight is 208 g/mol. The van der Waals surface area contributed by atoms with E-state index in [1.807, 2.05) is 0 Å². The number of hydrogen-bond acceptors (Lipinski definition) is 0. The van der Waals surface area contributed by atoms with Crippen LogP contribution >= 0.6 is 0 Å². The Kier molecular flexibility index (Phi) is 3.63. The molecule has 1 atom stereocenters. The topological polar surface area (TPSA) is 0 Å². The molecule has 0 fully saturated rings. The molecule has 0 bridgehead atoms. The van der Waals surface area contributed by atoms with Crippen molar-refractivity contribution in [2.24, 2.45) is 11.8 Å². The molecule has 0 aromatic rings. The van der Waals surface area contributed by atoms with Crippen LogP contribution in [0.2, 0.25) is 0 Å². The highest BCUT2D eigenvalue weighted by atomic mass is 19.4. The molecular formula is C7H10F6. The summed E-state index contributed by atoms with van der Waals surface area (Å²) in [6.45, 7) is 2.26. The van der Waals surface area contributed by atoms with Gasteiger partial charge in [-0.2, -0.15) is 26.3 Å². The first kappa shape index (κ1) is 12.6. The average Bonchev–Trinajstić information content (AvgIpc) is 1.77. The van der Waals surface area contributed by atoms with Gasteiger partial charge in [0.2, 0.25) is 0 Å². The van der Waals surface area contributed by atoms with Gasteiger partial charge in [-0.15, -0.1) is 0 Å². The molecule has 0 amide bonds. The van der Waals surface area contributed by atoms with E-state index in [0.717, 1.165) is 13.8 Å². The lowest BCUT2D eigenvalue weighted by Crippen LogP contribution is -2.32. The Balaban J connectivity index is 4.47.